The van der Waals surface area contributed by atoms with Crippen LogP contribution in [0.1, 0.15) is 33.3 Å². The zero-order chi connectivity index (χ0) is 16.6. The molecule has 0 aliphatic rings. The molecule has 1 aromatic carbocycles. The Labute approximate surface area is 136 Å². The third kappa shape index (κ3) is 5.53. The first-order valence-electron chi connectivity index (χ1n) is 7.17. The minimum atomic E-state index is -1.54. The summed E-state index contributed by atoms with van der Waals surface area (Å²) in [6, 6.07) is 11.4. The van der Waals surface area contributed by atoms with Gasteiger partial charge in [-0.3, -0.25) is 4.99 Å². The van der Waals surface area contributed by atoms with Crippen molar-refractivity contribution in [2.45, 2.75) is 45.3 Å². The second-order valence-electron chi connectivity index (χ2n) is 5.83. The van der Waals surface area contributed by atoms with Gasteiger partial charge in [0.05, 0.1) is 5.55 Å². The molecule has 0 aliphatic heterocycles. The Morgan fingerprint density at radius 2 is 2.00 bits per heavy atom. The second kappa shape index (κ2) is 8.00. The standard InChI is InChI=1S/C17H22N2O2S/c1-5-22-13-19-17(12-18,15(20)21-16(2,3)4)11-14-9-7-6-8-10-14/h6-10,13H,5,11H2,1-4H3. The lowest BCUT2D eigenvalue weighted by atomic mass is 9.92. The number of esters is 1. The van der Waals surface area contributed by atoms with Gasteiger partial charge in [0.15, 0.2) is 0 Å². The predicted molar refractivity (Wildman–Crippen MR) is 91.0 cm³/mol. The molecular formula is C17H22N2O2S. The van der Waals surface area contributed by atoms with Crippen LogP contribution in [0.25, 0.3) is 0 Å². The molecule has 4 nitrogen and oxygen atoms in total. The summed E-state index contributed by atoms with van der Waals surface area (Å²) in [6.07, 6.45) is 0.194. The Morgan fingerprint density at radius 3 is 2.50 bits per heavy atom. The van der Waals surface area contributed by atoms with Crippen LogP contribution in [0.15, 0.2) is 35.3 Å². The van der Waals surface area contributed by atoms with E-state index in [0.29, 0.717) is 0 Å². The van der Waals surface area contributed by atoms with Crippen LogP contribution < -0.4 is 0 Å². The molecule has 0 bridgehead atoms. The molecule has 1 aromatic rings. The summed E-state index contributed by atoms with van der Waals surface area (Å²) >= 11 is 1.45. The lowest BCUT2D eigenvalue weighted by Gasteiger charge is -2.26. The molecule has 1 atom stereocenters. The highest BCUT2D eigenvalue weighted by Gasteiger charge is 2.42. The van der Waals surface area contributed by atoms with Gasteiger partial charge in [-0.2, -0.15) is 5.26 Å². The molecule has 0 radical (unpaired) electrons. The number of rotatable bonds is 6. The highest BCUT2D eigenvalue weighted by Crippen LogP contribution is 2.23. The molecule has 0 saturated heterocycles. The van der Waals surface area contributed by atoms with E-state index in [0.717, 1.165) is 11.3 Å². The normalized spacial score (nSPS) is 14.3. The minimum absolute atomic E-state index is 0.194. The molecule has 22 heavy (non-hydrogen) atoms. The Kier molecular flexibility index (Phi) is 6.63. The van der Waals surface area contributed by atoms with Crippen LogP contribution >= 0.6 is 11.8 Å². The summed E-state index contributed by atoms with van der Waals surface area (Å²) in [5.74, 6) is 0.212. The van der Waals surface area contributed by atoms with Crippen LogP contribution in [0.4, 0.5) is 0 Å². The first kappa shape index (κ1) is 18.2. The highest BCUT2D eigenvalue weighted by molar-refractivity contribution is 8.12. The van der Waals surface area contributed by atoms with E-state index in [9.17, 15) is 10.1 Å². The molecule has 0 amide bonds. The number of hydrogen-bond acceptors (Lipinski definition) is 5. The topological polar surface area (TPSA) is 62.5 Å². The molecule has 1 unspecified atom stereocenters. The maximum absolute atomic E-state index is 12.5. The maximum atomic E-state index is 12.5. The number of aliphatic imine (C=N–C) groups is 1. The molecule has 0 heterocycles. The fourth-order valence-corrected chi connectivity index (χ4v) is 2.14. The van der Waals surface area contributed by atoms with Crippen molar-refractivity contribution in [3.05, 3.63) is 35.9 Å². The summed E-state index contributed by atoms with van der Waals surface area (Å²) in [6.45, 7) is 7.32. The first-order valence-corrected chi connectivity index (χ1v) is 8.22. The van der Waals surface area contributed by atoms with Gasteiger partial charge in [0, 0.05) is 6.42 Å². The fraction of sp³-hybridized carbons (Fsp3) is 0.471. The van der Waals surface area contributed by atoms with Crippen LogP contribution in [0.3, 0.4) is 0 Å². The van der Waals surface area contributed by atoms with Gasteiger partial charge >= 0.3 is 5.97 Å². The Hall–Kier alpha value is -1.80. The monoisotopic (exact) mass is 318 g/mol. The Balaban J connectivity index is 3.12. The van der Waals surface area contributed by atoms with E-state index < -0.39 is 17.1 Å². The molecule has 0 N–H and O–H groups in total. The van der Waals surface area contributed by atoms with E-state index in [1.165, 1.54) is 11.8 Å². The fourth-order valence-electron chi connectivity index (χ4n) is 1.74. The predicted octanol–water partition coefficient (Wildman–Crippen LogP) is 3.61. The number of carbonyl (C=O) groups is 1. The van der Waals surface area contributed by atoms with Crippen LogP contribution in [0.2, 0.25) is 0 Å². The number of thioether (sulfide) groups is 1. The molecule has 0 saturated carbocycles. The molecule has 5 heteroatoms. The quantitative estimate of drug-likeness (QED) is 0.456. The molecule has 1 rings (SSSR count). The van der Waals surface area contributed by atoms with Gasteiger partial charge in [-0.1, -0.05) is 37.3 Å². The SMILES string of the molecule is CCSC=NC(C#N)(Cc1ccccc1)C(=O)OC(C)(C)C. The number of nitrogens with zero attached hydrogens (tertiary/aromatic N) is 2. The van der Waals surface area contributed by atoms with Crippen molar-refractivity contribution in [1.29, 1.82) is 5.26 Å². The minimum Gasteiger partial charge on any atom is -0.457 e. The lowest BCUT2D eigenvalue weighted by molar-refractivity contribution is -0.159. The third-order valence-electron chi connectivity index (χ3n) is 2.74. The van der Waals surface area contributed by atoms with Gasteiger partial charge in [0.25, 0.3) is 0 Å². The van der Waals surface area contributed by atoms with Gasteiger partial charge in [-0.25, -0.2) is 4.79 Å². The van der Waals surface area contributed by atoms with Crippen molar-refractivity contribution in [3.8, 4) is 6.07 Å². The van der Waals surface area contributed by atoms with Gasteiger partial charge in [-0.05, 0) is 32.1 Å². The number of ether oxygens (including phenoxy) is 1. The zero-order valence-electron chi connectivity index (χ0n) is 13.5. The van der Waals surface area contributed by atoms with Crippen molar-refractivity contribution in [2.75, 3.05) is 5.75 Å². The maximum Gasteiger partial charge on any atom is 0.349 e. The molecule has 0 aliphatic carbocycles. The highest BCUT2D eigenvalue weighted by atomic mass is 32.2. The van der Waals surface area contributed by atoms with Gasteiger partial charge in [0.2, 0.25) is 5.54 Å². The van der Waals surface area contributed by atoms with Gasteiger partial charge in [-0.15, -0.1) is 11.8 Å². The van der Waals surface area contributed by atoms with Gasteiger partial charge < -0.3 is 4.74 Å². The summed E-state index contributed by atoms with van der Waals surface area (Å²) in [7, 11) is 0. The van der Waals surface area contributed by atoms with Gasteiger partial charge in [0.1, 0.15) is 11.7 Å². The third-order valence-corrected chi connectivity index (χ3v) is 3.33. The first-order chi connectivity index (χ1) is 10.3. The van der Waals surface area contributed by atoms with Crippen molar-refractivity contribution >= 4 is 23.3 Å². The summed E-state index contributed by atoms with van der Waals surface area (Å²) in [5, 5.41) is 9.63. The van der Waals surface area contributed by atoms with Crippen molar-refractivity contribution in [3.63, 3.8) is 0 Å². The van der Waals surface area contributed by atoms with E-state index in [4.69, 9.17) is 4.74 Å². The van der Waals surface area contributed by atoms with E-state index in [2.05, 4.69) is 11.1 Å². The van der Waals surface area contributed by atoms with Crippen LogP contribution in [-0.4, -0.2) is 28.4 Å². The molecule has 0 aromatic heterocycles. The van der Waals surface area contributed by atoms with Crippen molar-refractivity contribution in [1.82, 2.24) is 0 Å². The van der Waals surface area contributed by atoms with Crippen LogP contribution in [-0.2, 0) is 16.0 Å². The largest absolute Gasteiger partial charge is 0.457 e. The molecular weight excluding hydrogens is 296 g/mol. The second-order valence-corrected chi connectivity index (χ2v) is 6.95. The Bertz CT molecular complexity index is 558. The molecule has 0 fully saturated rings. The van der Waals surface area contributed by atoms with E-state index in [1.807, 2.05) is 37.3 Å². The lowest BCUT2D eigenvalue weighted by Crippen LogP contribution is -2.43. The summed E-state index contributed by atoms with van der Waals surface area (Å²) in [5.41, 5.74) is 0.226. The number of benzene rings is 1. The molecule has 118 valence electrons. The number of hydrogen-bond donors (Lipinski definition) is 0. The Morgan fingerprint density at radius 1 is 1.36 bits per heavy atom. The average Bonchev–Trinajstić information content (AvgIpc) is 2.45. The summed E-state index contributed by atoms with van der Waals surface area (Å²) < 4.78 is 5.41. The van der Waals surface area contributed by atoms with Crippen molar-refractivity contribution in [2.24, 2.45) is 4.99 Å². The van der Waals surface area contributed by atoms with E-state index >= 15 is 0 Å². The zero-order valence-corrected chi connectivity index (χ0v) is 14.3. The number of nitriles is 1. The van der Waals surface area contributed by atoms with Crippen LogP contribution in [0.5, 0.6) is 0 Å². The van der Waals surface area contributed by atoms with E-state index in [1.54, 1.807) is 26.3 Å². The van der Waals surface area contributed by atoms with Crippen LogP contribution in [0, 0.1) is 11.3 Å². The molecule has 0 spiro atoms. The smallest absolute Gasteiger partial charge is 0.349 e. The summed E-state index contributed by atoms with van der Waals surface area (Å²) in [4.78, 5) is 16.8. The van der Waals surface area contributed by atoms with Crippen molar-refractivity contribution < 1.29 is 9.53 Å². The average molecular weight is 318 g/mol. The number of carbonyl (C=O) groups excluding carboxylic acids is 1. The van der Waals surface area contributed by atoms with E-state index in [-0.39, 0.29) is 6.42 Å².